The van der Waals surface area contributed by atoms with Gasteiger partial charge >= 0.3 is 12.6 Å². The molecule has 3 N–H and O–H groups in total. The number of nitrogens with zero attached hydrogens (tertiary/aromatic N) is 4. The lowest BCUT2D eigenvalue weighted by atomic mass is 10.0. The highest BCUT2D eigenvalue weighted by Gasteiger charge is 2.24. The minimum atomic E-state index is -3.23. The number of pyridine rings is 2. The van der Waals surface area contributed by atoms with E-state index in [1.54, 1.807) is 10.6 Å². The number of carbonyl (C=O) groups is 2. The standard InChI is InChI=1S/C32H25F4N5O6/c33-21-13-20(23-2-1-3-28(39-23)46-15-17-5-7-25(29(37)42)40-30(17)47-32(35)36)22(34)10-18(21)12-27-38-24-6-4-16(31(43)44)11-26(24)41(27)14-19-8-9-45-19/h1-7,10-11,13,19,32H,8-9,12,14-15H2,(H2,37,42)(H,43,44). The van der Waals surface area contributed by atoms with Gasteiger partial charge in [0.15, 0.2) is 0 Å². The molecule has 1 atom stereocenters. The van der Waals surface area contributed by atoms with Gasteiger partial charge in [0.2, 0.25) is 11.8 Å². The number of aromatic carboxylic acids is 1. The van der Waals surface area contributed by atoms with Gasteiger partial charge in [-0.3, -0.25) is 4.79 Å². The Labute approximate surface area is 263 Å². The second-order valence-corrected chi connectivity index (χ2v) is 10.6. The molecule has 1 aliphatic heterocycles. The summed E-state index contributed by atoms with van der Waals surface area (Å²) in [5, 5.41) is 9.46. The lowest BCUT2D eigenvalue weighted by molar-refractivity contribution is -0.0590. The number of ether oxygens (including phenoxy) is 3. The van der Waals surface area contributed by atoms with Crippen LogP contribution in [-0.2, 0) is 24.3 Å². The van der Waals surface area contributed by atoms with Crippen molar-refractivity contribution in [2.45, 2.75) is 38.7 Å². The molecule has 11 nitrogen and oxygen atoms in total. The molecular formula is C32H25F4N5O6. The Hall–Kier alpha value is -5.57. The highest BCUT2D eigenvalue weighted by atomic mass is 19.3. The fourth-order valence-electron chi connectivity index (χ4n) is 5.07. The van der Waals surface area contributed by atoms with E-state index >= 15 is 8.78 Å². The molecular weight excluding hydrogens is 626 g/mol. The molecule has 3 aromatic heterocycles. The van der Waals surface area contributed by atoms with Gasteiger partial charge in [0, 0.05) is 24.7 Å². The third kappa shape index (κ3) is 6.84. The number of fused-ring (bicyclic) bond motifs is 1. The maximum Gasteiger partial charge on any atom is 0.388 e. The van der Waals surface area contributed by atoms with Crippen LogP contribution in [-0.4, -0.2) is 55.8 Å². The van der Waals surface area contributed by atoms with Crippen molar-refractivity contribution in [1.82, 2.24) is 19.5 Å². The van der Waals surface area contributed by atoms with Crippen LogP contribution in [0.4, 0.5) is 17.6 Å². The SMILES string of the molecule is NC(=O)c1ccc(COc2cccc(-c3cc(F)c(Cc4nc5ccc(C(=O)O)cc5n4CC4CCO4)cc3F)n2)c(OC(F)F)n1. The molecule has 4 heterocycles. The number of primary amides is 1. The molecule has 0 saturated carbocycles. The van der Waals surface area contributed by atoms with Crippen molar-refractivity contribution in [1.29, 1.82) is 0 Å². The first-order valence-electron chi connectivity index (χ1n) is 14.2. The first-order valence-corrected chi connectivity index (χ1v) is 14.2. The molecule has 0 radical (unpaired) electrons. The average Bonchev–Trinajstić information content (AvgIpc) is 3.35. The number of alkyl halides is 2. The van der Waals surface area contributed by atoms with Crippen LogP contribution in [0.15, 0.2) is 60.7 Å². The zero-order chi connectivity index (χ0) is 33.2. The Morgan fingerprint density at radius 2 is 1.83 bits per heavy atom. The van der Waals surface area contributed by atoms with Crippen LogP contribution in [0.1, 0.15) is 44.2 Å². The number of halogens is 4. The summed E-state index contributed by atoms with van der Waals surface area (Å²) in [7, 11) is 0. The normalized spacial score (nSPS) is 14.3. The lowest BCUT2D eigenvalue weighted by Gasteiger charge is -2.27. The van der Waals surface area contributed by atoms with E-state index in [0.29, 0.717) is 30.0 Å². The molecule has 2 aromatic carbocycles. The van der Waals surface area contributed by atoms with Gasteiger partial charge in [-0.05, 0) is 60.5 Å². The van der Waals surface area contributed by atoms with Crippen molar-refractivity contribution in [2.75, 3.05) is 6.61 Å². The fraction of sp³-hybridized carbons (Fsp3) is 0.219. The molecule has 1 unspecified atom stereocenters. The number of hydrogen-bond donors (Lipinski definition) is 2. The number of amides is 1. The zero-order valence-electron chi connectivity index (χ0n) is 24.3. The van der Waals surface area contributed by atoms with Crippen LogP contribution in [0.2, 0.25) is 0 Å². The minimum absolute atomic E-state index is 0.0154. The topological polar surface area (TPSA) is 152 Å². The maximum atomic E-state index is 15.5. The van der Waals surface area contributed by atoms with Crippen LogP contribution in [0.5, 0.6) is 11.8 Å². The van der Waals surface area contributed by atoms with E-state index in [0.717, 1.165) is 18.6 Å². The van der Waals surface area contributed by atoms with E-state index in [4.69, 9.17) is 15.2 Å². The van der Waals surface area contributed by atoms with E-state index in [-0.39, 0.29) is 58.7 Å². The highest BCUT2D eigenvalue weighted by molar-refractivity contribution is 5.92. The van der Waals surface area contributed by atoms with Gasteiger partial charge in [0.05, 0.1) is 40.5 Å². The minimum Gasteiger partial charge on any atom is -0.478 e. The van der Waals surface area contributed by atoms with Gasteiger partial charge in [-0.2, -0.15) is 8.78 Å². The summed E-state index contributed by atoms with van der Waals surface area (Å²) in [5.41, 5.74) is 5.94. The Kier molecular flexibility index (Phi) is 8.72. The van der Waals surface area contributed by atoms with Crippen molar-refractivity contribution in [3.63, 3.8) is 0 Å². The average molecular weight is 652 g/mol. The van der Waals surface area contributed by atoms with Crippen LogP contribution in [0.25, 0.3) is 22.3 Å². The van der Waals surface area contributed by atoms with Gasteiger partial charge in [-0.25, -0.2) is 28.5 Å². The molecule has 242 valence electrons. The molecule has 0 aliphatic carbocycles. The number of hydrogen-bond acceptors (Lipinski definition) is 8. The summed E-state index contributed by atoms with van der Waals surface area (Å²) in [6.45, 7) is -2.62. The Morgan fingerprint density at radius 3 is 2.53 bits per heavy atom. The number of imidazole rings is 1. The van der Waals surface area contributed by atoms with Crippen LogP contribution >= 0.6 is 0 Å². The molecule has 6 rings (SSSR count). The molecule has 0 spiro atoms. The Balaban J connectivity index is 1.24. The molecule has 1 saturated heterocycles. The second-order valence-electron chi connectivity index (χ2n) is 10.6. The van der Waals surface area contributed by atoms with Gasteiger partial charge in [-0.15, -0.1) is 0 Å². The third-order valence-corrected chi connectivity index (χ3v) is 7.51. The lowest BCUT2D eigenvalue weighted by Crippen LogP contribution is -2.31. The summed E-state index contributed by atoms with van der Waals surface area (Å²) in [6.07, 6.45) is 0.599. The van der Waals surface area contributed by atoms with Crippen molar-refractivity contribution in [3.05, 3.63) is 101 Å². The number of carbonyl (C=O) groups excluding carboxylic acids is 1. The van der Waals surface area contributed by atoms with Crippen molar-refractivity contribution < 1.29 is 46.5 Å². The van der Waals surface area contributed by atoms with Crippen LogP contribution in [0, 0.1) is 11.6 Å². The zero-order valence-corrected chi connectivity index (χ0v) is 24.3. The summed E-state index contributed by atoms with van der Waals surface area (Å²) in [6, 6.07) is 13.4. The second kappa shape index (κ2) is 13.0. The fourth-order valence-corrected chi connectivity index (χ4v) is 5.07. The van der Waals surface area contributed by atoms with Crippen molar-refractivity contribution in [3.8, 4) is 23.0 Å². The first kappa shape index (κ1) is 31.4. The molecule has 0 bridgehead atoms. The highest BCUT2D eigenvalue weighted by Crippen LogP contribution is 2.29. The van der Waals surface area contributed by atoms with Crippen LogP contribution < -0.4 is 15.2 Å². The molecule has 1 amide bonds. The van der Waals surface area contributed by atoms with E-state index in [1.165, 1.54) is 42.5 Å². The maximum absolute atomic E-state index is 15.5. The Bertz CT molecular complexity index is 2000. The third-order valence-electron chi connectivity index (χ3n) is 7.51. The van der Waals surface area contributed by atoms with Gasteiger partial charge in [0.25, 0.3) is 5.91 Å². The smallest absolute Gasteiger partial charge is 0.388 e. The largest absolute Gasteiger partial charge is 0.478 e. The molecule has 47 heavy (non-hydrogen) atoms. The van der Waals surface area contributed by atoms with Crippen molar-refractivity contribution >= 4 is 22.9 Å². The number of carboxylic acid groups (broad SMARTS) is 1. The molecule has 1 fully saturated rings. The van der Waals surface area contributed by atoms with Crippen molar-refractivity contribution in [2.24, 2.45) is 5.73 Å². The van der Waals surface area contributed by atoms with E-state index < -0.39 is 36.0 Å². The predicted octanol–water partition coefficient (Wildman–Crippen LogP) is 5.13. The molecule has 1 aliphatic rings. The number of rotatable bonds is 12. The van der Waals surface area contributed by atoms with Crippen LogP contribution in [0.3, 0.4) is 0 Å². The van der Waals surface area contributed by atoms with Gasteiger partial charge in [-0.1, -0.05) is 6.07 Å². The molecule has 15 heteroatoms. The number of benzene rings is 2. The van der Waals surface area contributed by atoms with Gasteiger partial charge < -0.3 is 29.6 Å². The van der Waals surface area contributed by atoms with E-state index in [1.807, 2.05) is 0 Å². The van der Waals surface area contributed by atoms with E-state index in [9.17, 15) is 23.5 Å². The monoisotopic (exact) mass is 651 g/mol. The number of aromatic nitrogens is 4. The number of carboxylic acids is 1. The first-order chi connectivity index (χ1) is 22.5. The summed E-state index contributed by atoms with van der Waals surface area (Å²) in [5.74, 6) is -3.74. The Morgan fingerprint density at radius 1 is 1.02 bits per heavy atom. The van der Waals surface area contributed by atoms with E-state index in [2.05, 4.69) is 19.7 Å². The predicted molar refractivity (Wildman–Crippen MR) is 157 cm³/mol. The molecule has 5 aromatic rings. The summed E-state index contributed by atoms with van der Waals surface area (Å²) < 4.78 is 74.2. The number of nitrogens with two attached hydrogens (primary N) is 1. The quantitative estimate of drug-likeness (QED) is 0.175. The summed E-state index contributed by atoms with van der Waals surface area (Å²) >= 11 is 0. The van der Waals surface area contributed by atoms with Gasteiger partial charge in [0.1, 0.15) is 29.8 Å². The summed E-state index contributed by atoms with van der Waals surface area (Å²) in [4.78, 5) is 35.5.